The molecule has 1 aromatic carbocycles. The highest BCUT2D eigenvalue weighted by Crippen LogP contribution is 2.25. The summed E-state index contributed by atoms with van der Waals surface area (Å²) in [5, 5.41) is 2.87. The molecule has 142 valence electrons. The van der Waals surface area contributed by atoms with Crippen molar-refractivity contribution in [3.63, 3.8) is 0 Å². The molecule has 0 radical (unpaired) electrons. The van der Waals surface area contributed by atoms with Gasteiger partial charge in [-0.15, -0.1) is 0 Å². The van der Waals surface area contributed by atoms with Crippen LogP contribution in [0.5, 0.6) is 0 Å². The third-order valence-corrected chi connectivity index (χ3v) is 6.88. The van der Waals surface area contributed by atoms with Crippen molar-refractivity contribution in [3.05, 3.63) is 24.3 Å². The molecule has 2 fully saturated rings. The van der Waals surface area contributed by atoms with Crippen LogP contribution in [0.15, 0.2) is 24.3 Å². The van der Waals surface area contributed by atoms with E-state index >= 15 is 0 Å². The zero-order chi connectivity index (χ0) is 18.7. The van der Waals surface area contributed by atoms with Gasteiger partial charge in [0.2, 0.25) is 21.8 Å². The number of amides is 2. The number of carbonyl (C=O) groups is 2. The molecule has 2 aliphatic heterocycles. The van der Waals surface area contributed by atoms with Gasteiger partial charge in [0.1, 0.15) is 0 Å². The maximum absolute atomic E-state index is 12.5. The van der Waals surface area contributed by atoms with Gasteiger partial charge >= 0.3 is 0 Å². The first-order chi connectivity index (χ1) is 12.4. The van der Waals surface area contributed by atoms with E-state index in [1.807, 2.05) is 12.1 Å². The van der Waals surface area contributed by atoms with E-state index in [-0.39, 0.29) is 30.0 Å². The summed E-state index contributed by atoms with van der Waals surface area (Å²) in [6.45, 7) is 3.07. The van der Waals surface area contributed by atoms with Crippen molar-refractivity contribution in [2.24, 2.45) is 5.92 Å². The van der Waals surface area contributed by atoms with E-state index < -0.39 is 10.0 Å². The van der Waals surface area contributed by atoms with Crippen LogP contribution in [0.3, 0.4) is 0 Å². The number of hydrogen-bond acceptors (Lipinski definition) is 4. The first-order valence-electron chi connectivity index (χ1n) is 9.10. The molecule has 1 N–H and O–H groups in total. The third kappa shape index (κ3) is 4.07. The van der Waals surface area contributed by atoms with Crippen LogP contribution >= 0.6 is 0 Å². The zero-order valence-corrected chi connectivity index (χ0v) is 15.8. The predicted octanol–water partition coefficient (Wildman–Crippen LogP) is 1.81. The van der Waals surface area contributed by atoms with Crippen molar-refractivity contribution >= 4 is 33.2 Å². The highest BCUT2D eigenvalue weighted by Gasteiger charge is 2.31. The Morgan fingerprint density at radius 2 is 1.92 bits per heavy atom. The fraction of sp³-hybridized carbons (Fsp3) is 0.556. The normalized spacial score (nSPS) is 21.8. The number of nitrogens with zero attached hydrogens (tertiary/aromatic N) is 2. The van der Waals surface area contributed by atoms with Gasteiger partial charge in [-0.1, -0.05) is 0 Å². The van der Waals surface area contributed by atoms with Crippen molar-refractivity contribution in [2.45, 2.75) is 32.6 Å². The first-order valence-corrected chi connectivity index (χ1v) is 10.7. The number of carbonyl (C=O) groups excluding carboxylic acids is 2. The van der Waals surface area contributed by atoms with Crippen molar-refractivity contribution in [3.8, 4) is 0 Å². The largest absolute Gasteiger partial charge is 0.326 e. The van der Waals surface area contributed by atoms with Gasteiger partial charge in [-0.25, -0.2) is 12.7 Å². The lowest BCUT2D eigenvalue weighted by atomic mass is 9.98. The quantitative estimate of drug-likeness (QED) is 0.845. The summed E-state index contributed by atoms with van der Waals surface area (Å²) in [4.78, 5) is 26.1. The highest BCUT2D eigenvalue weighted by molar-refractivity contribution is 7.89. The number of sulfonamides is 1. The number of rotatable bonds is 5. The molecular weight excluding hydrogens is 354 g/mol. The number of hydrogen-bond donors (Lipinski definition) is 1. The molecule has 2 heterocycles. The Morgan fingerprint density at radius 1 is 1.19 bits per heavy atom. The molecule has 0 saturated carbocycles. The molecule has 2 aliphatic rings. The minimum atomic E-state index is -3.26. The molecule has 2 amide bonds. The Labute approximate surface area is 154 Å². The molecule has 0 spiro atoms. The van der Waals surface area contributed by atoms with E-state index in [1.165, 1.54) is 4.31 Å². The standard InChI is InChI=1S/C18H25N3O4S/c1-2-26(24,25)20-11-3-5-14(13-20)18(23)19-15-7-9-16(10-8-15)21-12-4-6-17(21)22/h7-10,14H,2-6,11-13H2,1H3,(H,19,23). The van der Waals surface area contributed by atoms with Crippen LogP contribution < -0.4 is 10.2 Å². The number of anilines is 2. The van der Waals surface area contributed by atoms with E-state index in [9.17, 15) is 18.0 Å². The van der Waals surface area contributed by atoms with Gasteiger partial charge in [-0.2, -0.15) is 0 Å². The number of benzene rings is 1. The molecule has 2 saturated heterocycles. The van der Waals surface area contributed by atoms with Crippen molar-refractivity contribution < 1.29 is 18.0 Å². The molecular formula is C18H25N3O4S. The molecule has 1 unspecified atom stereocenters. The van der Waals surface area contributed by atoms with E-state index in [1.54, 1.807) is 24.0 Å². The Morgan fingerprint density at radius 3 is 2.54 bits per heavy atom. The molecule has 0 bridgehead atoms. The third-order valence-electron chi connectivity index (χ3n) is 5.03. The van der Waals surface area contributed by atoms with Gasteiger partial charge in [0.05, 0.1) is 11.7 Å². The number of piperidine rings is 1. The van der Waals surface area contributed by atoms with Crippen LogP contribution in [0.1, 0.15) is 32.6 Å². The average Bonchev–Trinajstić information content (AvgIpc) is 3.08. The van der Waals surface area contributed by atoms with Gasteiger partial charge in [0.25, 0.3) is 0 Å². The zero-order valence-electron chi connectivity index (χ0n) is 15.0. The summed E-state index contributed by atoms with van der Waals surface area (Å²) in [5.41, 5.74) is 1.49. The van der Waals surface area contributed by atoms with Gasteiger partial charge in [0.15, 0.2) is 0 Å². The minimum absolute atomic E-state index is 0.0536. The second-order valence-electron chi connectivity index (χ2n) is 6.78. The SMILES string of the molecule is CCS(=O)(=O)N1CCCC(C(=O)Nc2ccc(N3CCCC3=O)cc2)C1. The average molecular weight is 379 g/mol. The van der Waals surface area contributed by atoms with Gasteiger partial charge in [-0.05, 0) is 50.5 Å². The minimum Gasteiger partial charge on any atom is -0.326 e. The lowest BCUT2D eigenvalue weighted by Gasteiger charge is -2.30. The molecule has 1 atom stereocenters. The van der Waals surface area contributed by atoms with Crippen LogP contribution in [-0.2, 0) is 19.6 Å². The number of nitrogens with one attached hydrogen (secondary N) is 1. The van der Waals surface area contributed by atoms with Crippen LogP contribution in [0.4, 0.5) is 11.4 Å². The Kier molecular flexibility index (Phi) is 5.62. The molecule has 3 rings (SSSR count). The van der Waals surface area contributed by atoms with Crippen LogP contribution in [0, 0.1) is 5.92 Å². The Balaban J connectivity index is 1.61. The van der Waals surface area contributed by atoms with Crippen LogP contribution in [-0.4, -0.2) is 49.9 Å². The summed E-state index contributed by atoms with van der Waals surface area (Å²) in [7, 11) is -3.26. The predicted molar refractivity (Wildman–Crippen MR) is 100 cm³/mol. The maximum Gasteiger partial charge on any atom is 0.228 e. The Bertz CT molecular complexity index is 776. The first kappa shape index (κ1) is 18.8. The monoisotopic (exact) mass is 379 g/mol. The fourth-order valence-corrected chi connectivity index (χ4v) is 4.66. The van der Waals surface area contributed by atoms with E-state index in [2.05, 4.69) is 5.32 Å². The molecule has 1 aromatic rings. The highest BCUT2D eigenvalue weighted by atomic mass is 32.2. The summed E-state index contributed by atoms with van der Waals surface area (Å²) in [5.74, 6) is -0.324. The van der Waals surface area contributed by atoms with E-state index in [0.717, 1.165) is 18.7 Å². The summed E-state index contributed by atoms with van der Waals surface area (Å²) in [6.07, 6.45) is 2.82. The molecule has 0 aromatic heterocycles. The lowest BCUT2D eigenvalue weighted by Crippen LogP contribution is -2.44. The van der Waals surface area contributed by atoms with E-state index in [4.69, 9.17) is 0 Å². The summed E-state index contributed by atoms with van der Waals surface area (Å²) < 4.78 is 25.5. The van der Waals surface area contributed by atoms with Crippen LogP contribution in [0.2, 0.25) is 0 Å². The van der Waals surface area contributed by atoms with Gasteiger partial charge in [-0.3, -0.25) is 9.59 Å². The maximum atomic E-state index is 12.5. The second kappa shape index (κ2) is 7.75. The van der Waals surface area contributed by atoms with E-state index in [0.29, 0.717) is 31.5 Å². The fourth-order valence-electron chi connectivity index (χ4n) is 3.48. The molecule has 26 heavy (non-hydrogen) atoms. The molecule has 8 heteroatoms. The van der Waals surface area contributed by atoms with Crippen LogP contribution in [0.25, 0.3) is 0 Å². The van der Waals surface area contributed by atoms with Crippen molar-refractivity contribution in [1.82, 2.24) is 4.31 Å². The topological polar surface area (TPSA) is 86.8 Å². The molecule has 7 nitrogen and oxygen atoms in total. The smallest absolute Gasteiger partial charge is 0.228 e. The molecule has 0 aliphatic carbocycles. The van der Waals surface area contributed by atoms with Crippen molar-refractivity contribution in [1.29, 1.82) is 0 Å². The Hall–Kier alpha value is -1.93. The second-order valence-corrected chi connectivity index (χ2v) is 9.04. The summed E-state index contributed by atoms with van der Waals surface area (Å²) in [6, 6.07) is 7.21. The van der Waals surface area contributed by atoms with Gasteiger partial charge in [0, 0.05) is 37.4 Å². The van der Waals surface area contributed by atoms with Crippen molar-refractivity contribution in [2.75, 3.05) is 35.6 Å². The lowest BCUT2D eigenvalue weighted by molar-refractivity contribution is -0.121. The summed E-state index contributed by atoms with van der Waals surface area (Å²) >= 11 is 0. The van der Waals surface area contributed by atoms with Gasteiger partial charge < -0.3 is 10.2 Å².